The Morgan fingerprint density at radius 2 is 1.90 bits per heavy atom. The maximum atomic E-state index is 12.6. The zero-order chi connectivity index (χ0) is 15.0. The lowest BCUT2D eigenvalue weighted by Gasteiger charge is -2.35. The second-order valence-electron chi connectivity index (χ2n) is 5.97. The first-order chi connectivity index (χ1) is 10.1. The summed E-state index contributed by atoms with van der Waals surface area (Å²) in [7, 11) is -0.699. The average Bonchev–Trinajstić information content (AvgIpc) is 2.76. The summed E-state index contributed by atoms with van der Waals surface area (Å²) in [6, 6.07) is 8.27. The lowest BCUT2D eigenvalue weighted by atomic mass is 10.0. The summed E-state index contributed by atoms with van der Waals surface area (Å²) in [4.78, 5) is 14.6. The van der Waals surface area contributed by atoms with E-state index in [1.54, 1.807) is 0 Å². The second kappa shape index (κ2) is 5.89. The molecule has 2 aliphatic heterocycles. The first kappa shape index (κ1) is 14.7. The third-order valence-electron chi connectivity index (χ3n) is 4.54. The highest BCUT2D eigenvalue weighted by molar-refractivity contribution is 7.85. The summed E-state index contributed by atoms with van der Waals surface area (Å²) in [5.74, 6) is 1.59. The molecule has 4 nitrogen and oxygen atoms in total. The van der Waals surface area contributed by atoms with Crippen molar-refractivity contribution < 1.29 is 9.00 Å². The van der Waals surface area contributed by atoms with Gasteiger partial charge >= 0.3 is 0 Å². The number of aryl methyl sites for hydroxylation is 1. The third kappa shape index (κ3) is 2.77. The van der Waals surface area contributed by atoms with Crippen molar-refractivity contribution in [1.29, 1.82) is 0 Å². The molecule has 2 saturated heterocycles. The van der Waals surface area contributed by atoms with Gasteiger partial charge in [0.25, 0.3) is 0 Å². The number of hydrogen-bond donors (Lipinski definition) is 1. The fraction of sp³-hybridized carbons (Fsp3) is 0.562. The van der Waals surface area contributed by atoms with Crippen LogP contribution in [0.25, 0.3) is 0 Å². The van der Waals surface area contributed by atoms with Gasteiger partial charge in [0.05, 0.1) is 6.04 Å². The smallest absolute Gasteiger partial charge is 0.241 e. The minimum absolute atomic E-state index is 0.0507. The van der Waals surface area contributed by atoms with Crippen LogP contribution in [-0.2, 0) is 15.6 Å². The molecule has 0 bridgehead atoms. The van der Waals surface area contributed by atoms with E-state index in [0.717, 1.165) is 12.8 Å². The largest absolute Gasteiger partial charge is 0.319 e. The molecule has 2 aliphatic rings. The number of hydrogen-bond acceptors (Lipinski definition) is 3. The van der Waals surface area contributed by atoms with Crippen LogP contribution in [0.4, 0.5) is 0 Å². The van der Waals surface area contributed by atoms with Crippen molar-refractivity contribution in [2.24, 2.45) is 0 Å². The van der Waals surface area contributed by atoms with Gasteiger partial charge in [0.1, 0.15) is 6.17 Å². The molecular weight excluding hydrogens is 284 g/mol. The molecule has 114 valence electrons. The molecular formula is C16H22N2O2S. The number of amides is 1. The lowest BCUT2D eigenvalue weighted by molar-refractivity contribution is -0.132. The van der Waals surface area contributed by atoms with E-state index in [1.165, 1.54) is 11.1 Å². The van der Waals surface area contributed by atoms with Crippen molar-refractivity contribution in [2.45, 2.75) is 44.9 Å². The molecule has 5 heteroatoms. The lowest BCUT2D eigenvalue weighted by Crippen LogP contribution is -2.43. The van der Waals surface area contributed by atoms with E-state index in [2.05, 4.69) is 24.4 Å². The molecule has 2 atom stereocenters. The van der Waals surface area contributed by atoms with E-state index in [4.69, 9.17) is 0 Å². The fourth-order valence-corrected chi connectivity index (χ4v) is 4.60. The predicted octanol–water partition coefficient (Wildman–Crippen LogP) is 1.73. The van der Waals surface area contributed by atoms with E-state index in [0.29, 0.717) is 11.5 Å². The number of benzene rings is 1. The molecule has 0 spiro atoms. The van der Waals surface area contributed by atoms with Crippen molar-refractivity contribution in [1.82, 2.24) is 10.2 Å². The number of nitrogens with zero attached hydrogens (tertiary/aromatic N) is 1. The highest BCUT2D eigenvalue weighted by atomic mass is 32.2. The fourth-order valence-electron chi connectivity index (χ4n) is 3.32. The maximum Gasteiger partial charge on any atom is 0.241 e. The molecule has 1 N–H and O–H groups in total. The Bertz CT molecular complexity index is 565. The Hall–Kier alpha value is -1.20. The normalized spacial score (nSPS) is 33.4. The minimum atomic E-state index is -0.699. The Morgan fingerprint density at radius 1 is 1.24 bits per heavy atom. The monoisotopic (exact) mass is 306 g/mol. The first-order valence-corrected chi connectivity index (χ1v) is 9.05. The molecule has 1 amide bonds. The van der Waals surface area contributed by atoms with Crippen molar-refractivity contribution in [3.8, 4) is 0 Å². The zero-order valence-electron chi connectivity index (χ0n) is 12.5. The summed E-state index contributed by atoms with van der Waals surface area (Å²) >= 11 is 0. The van der Waals surface area contributed by atoms with Crippen LogP contribution in [0.1, 0.15) is 37.1 Å². The summed E-state index contributed by atoms with van der Waals surface area (Å²) in [6.07, 6.45) is 1.63. The quantitative estimate of drug-likeness (QED) is 0.905. The van der Waals surface area contributed by atoms with Gasteiger partial charge in [-0.2, -0.15) is 0 Å². The number of nitrogens with one attached hydrogen (secondary N) is 1. The highest BCUT2D eigenvalue weighted by Crippen LogP contribution is 2.32. The molecule has 0 radical (unpaired) electrons. The van der Waals surface area contributed by atoms with Gasteiger partial charge in [0.2, 0.25) is 5.91 Å². The molecule has 3 rings (SSSR count). The molecule has 2 heterocycles. The van der Waals surface area contributed by atoms with Crippen LogP contribution in [-0.4, -0.2) is 38.6 Å². The Kier molecular flexibility index (Phi) is 4.13. The van der Waals surface area contributed by atoms with Crippen LogP contribution >= 0.6 is 0 Å². The highest BCUT2D eigenvalue weighted by Gasteiger charge is 2.42. The van der Waals surface area contributed by atoms with E-state index < -0.39 is 10.8 Å². The molecule has 2 fully saturated rings. The Morgan fingerprint density at radius 3 is 2.57 bits per heavy atom. The summed E-state index contributed by atoms with van der Waals surface area (Å²) in [5, 5.41) is 3.42. The van der Waals surface area contributed by atoms with Gasteiger partial charge in [-0.05, 0) is 37.8 Å². The molecule has 1 aromatic rings. The van der Waals surface area contributed by atoms with Crippen molar-refractivity contribution in [3.05, 3.63) is 35.4 Å². The van der Waals surface area contributed by atoms with E-state index in [9.17, 15) is 9.00 Å². The van der Waals surface area contributed by atoms with Crippen LogP contribution in [0.15, 0.2) is 24.3 Å². The van der Waals surface area contributed by atoms with Crippen molar-refractivity contribution in [2.75, 3.05) is 11.5 Å². The second-order valence-corrected chi connectivity index (χ2v) is 7.67. The van der Waals surface area contributed by atoms with Gasteiger partial charge in [-0.15, -0.1) is 0 Å². The predicted molar refractivity (Wildman–Crippen MR) is 84.3 cm³/mol. The average molecular weight is 306 g/mol. The van der Waals surface area contributed by atoms with Crippen LogP contribution in [0, 0.1) is 6.92 Å². The molecule has 1 aromatic carbocycles. The van der Waals surface area contributed by atoms with Crippen LogP contribution in [0.2, 0.25) is 0 Å². The van der Waals surface area contributed by atoms with Gasteiger partial charge in [-0.1, -0.05) is 24.3 Å². The van der Waals surface area contributed by atoms with Gasteiger partial charge in [-0.25, -0.2) is 0 Å². The summed E-state index contributed by atoms with van der Waals surface area (Å²) in [6.45, 7) is 4.01. The standard InChI is InChI=1S/C16H22N2O2S/c1-11-5-3-4-6-14(11)15-17-12(2)16(19)18(15)13-7-9-21(20)10-8-13/h3-6,12-13,15,17H,7-10H2,1-2H3. The van der Waals surface area contributed by atoms with Gasteiger partial charge in [0.15, 0.2) is 0 Å². The van der Waals surface area contributed by atoms with Gasteiger partial charge in [-0.3, -0.25) is 14.3 Å². The number of carbonyl (C=O) groups is 1. The van der Waals surface area contributed by atoms with Crippen molar-refractivity contribution >= 4 is 16.7 Å². The van der Waals surface area contributed by atoms with E-state index in [1.807, 2.05) is 24.0 Å². The van der Waals surface area contributed by atoms with Gasteiger partial charge < -0.3 is 4.90 Å². The SMILES string of the molecule is Cc1ccccc1C1NC(C)C(=O)N1C1CCS(=O)CC1. The summed E-state index contributed by atoms with van der Waals surface area (Å²) < 4.78 is 11.6. The molecule has 0 aliphatic carbocycles. The summed E-state index contributed by atoms with van der Waals surface area (Å²) in [5.41, 5.74) is 2.36. The van der Waals surface area contributed by atoms with Crippen LogP contribution < -0.4 is 5.32 Å². The molecule has 0 saturated carbocycles. The van der Waals surface area contributed by atoms with Crippen LogP contribution in [0.3, 0.4) is 0 Å². The zero-order valence-corrected chi connectivity index (χ0v) is 13.4. The first-order valence-electron chi connectivity index (χ1n) is 7.56. The maximum absolute atomic E-state index is 12.6. The molecule has 0 aromatic heterocycles. The minimum Gasteiger partial charge on any atom is -0.319 e. The Balaban J connectivity index is 1.90. The third-order valence-corrected chi connectivity index (χ3v) is 5.93. The number of carbonyl (C=O) groups excluding carboxylic acids is 1. The van der Waals surface area contributed by atoms with E-state index >= 15 is 0 Å². The topological polar surface area (TPSA) is 49.4 Å². The molecule has 21 heavy (non-hydrogen) atoms. The number of rotatable bonds is 2. The molecule has 2 unspecified atom stereocenters. The van der Waals surface area contributed by atoms with Gasteiger partial charge in [0, 0.05) is 28.3 Å². The van der Waals surface area contributed by atoms with Crippen LogP contribution in [0.5, 0.6) is 0 Å². The Labute approximate surface area is 128 Å². The van der Waals surface area contributed by atoms with E-state index in [-0.39, 0.29) is 24.2 Å². The van der Waals surface area contributed by atoms with Crippen molar-refractivity contribution in [3.63, 3.8) is 0 Å².